The van der Waals surface area contributed by atoms with Crippen LogP contribution in [0.25, 0.3) is 21.9 Å². The molecule has 1 saturated heterocycles. The van der Waals surface area contributed by atoms with Gasteiger partial charge in [0, 0.05) is 31.1 Å². The summed E-state index contributed by atoms with van der Waals surface area (Å²) < 4.78 is 13.9. The highest BCUT2D eigenvalue weighted by Gasteiger charge is 2.26. The van der Waals surface area contributed by atoms with Crippen molar-refractivity contribution in [2.75, 3.05) is 19.7 Å². The van der Waals surface area contributed by atoms with Gasteiger partial charge in [-0.2, -0.15) is 0 Å². The van der Waals surface area contributed by atoms with E-state index < -0.39 is 5.60 Å². The number of aryl methyl sites for hydroxylation is 1. The largest absolute Gasteiger partial charge is 0.494 e. The van der Waals surface area contributed by atoms with Crippen molar-refractivity contribution in [3.63, 3.8) is 0 Å². The predicted molar refractivity (Wildman–Crippen MR) is 135 cm³/mol. The minimum atomic E-state index is -0.449. The molecule has 3 heterocycles. The van der Waals surface area contributed by atoms with Gasteiger partial charge in [0.25, 0.3) is 0 Å². The topological polar surface area (TPSA) is 69.5 Å². The Morgan fingerprint density at radius 2 is 1.91 bits per heavy atom. The van der Waals surface area contributed by atoms with Crippen LogP contribution in [0.2, 0.25) is 0 Å². The van der Waals surface area contributed by atoms with Gasteiger partial charge in [-0.3, -0.25) is 4.98 Å². The van der Waals surface area contributed by atoms with Gasteiger partial charge >= 0.3 is 6.09 Å². The van der Waals surface area contributed by atoms with Gasteiger partial charge in [0.05, 0.1) is 23.8 Å². The van der Waals surface area contributed by atoms with E-state index in [-0.39, 0.29) is 6.09 Å². The molecule has 0 bridgehead atoms. The van der Waals surface area contributed by atoms with E-state index in [9.17, 15) is 4.79 Å². The Kier molecular flexibility index (Phi) is 7.01. The van der Waals surface area contributed by atoms with Crippen molar-refractivity contribution in [3.05, 3.63) is 30.2 Å². The lowest BCUT2D eigenvalue weighted by atomic mass is 9.94. The minimum Gasteiger partial charge on any atom is -0.494 e. The standard InChI is InChI=1S/C27H38N4O3/c1-18(2)17-31-19(3)29-24-16-28-23-15-21(7-8-22(23)25(24)31)33-14-11-20-9-12-30(13-10-20)26(32)34-27(4,5)6/h7-8,15-16,18,20H,9-14,17H2,1-6H3. The Morgan fingerprint density at radius 1 is 1.18 bits per heavy atom. The van der Waals surface area contributed by atoms with Crippen molar-refractivity contribution in [1.82, 2.24) is 19.4 Å². The summed E-state index contributed by atoms with van der Waals surface area (Å²) in [7, 11) is 0. The Morgan fingerprint density at radius 3 is 2.59 bits per heavy atom. The first-order valence-electron chi connectivity index (χ1n) is 12.5. The lowest BCUT2D eigenvalue weighted by Crippen LogP contribution is -2.41. The average molecular weight is 467 g/mol. The summed E-state index contributed by atoms with van der Waals surface area (Å²) >= 11 is 0. The van der Waals surface area contributed by atoms with Crippen molar-refractivity contribution in [2.45, 2.75) is 73.0 Å². The zero-order valence-electron chi connectivity index (χ0n) is 21.4. The lowest BCUT2D eigenvalue weighted by molar-refractivity contribution is 0.0177. The summed E-state index contributed by atoms with van der Waals surface area (Å²) in [6.45, 7) is 15.3. The maximum Gasteiger partial charge on any atom is 0.410 e. The van der Waals surface area contributed by atoms with Crippen LogP contribution in [0.15, 0.2) is 24.4 Å². The van der Waals surface area contributed by atoms with Gasteiger partial charge in [-0.05, 0) is 70.9 Å². The number of carbonyl (C=O) groups is 1. The molecule has 0 atom stereocenters. The third kappa shape index (κ3) is 5.62. The van der Waals surface area contributed by atoms with E-state index in [4.69, 9.17) is 14.5 Å². The first-order chi connectivity index (χ1) is 16.1. The van der Waals surface area contributed by atoms with Gasteiger partial charge in [0.1, 0.15) is 22.7 Å². The van der Waals surface area contributed by atoms with Crippen LogP contribution < -0.4 is 4.74 Å². The van der Waals surface area contributed by atoms with Crippen LogP contribution in [0.4, 0.5) is 4.79 Å². The number of fused-ring (bicyclic) bond motifs is 3. The summed E-state index contributed by atoms with van der Waals surface area (Å²) in [4.78, 5) is 23.4. The zero-order chi connectivity index (χ0) is 24.5. The Hall–Kier alpha value is -2.83. The number of amides is 1. The smallest absolute Gasteiger partial charge is 0.410 e. The van der Waals surface area contributed by atoms with Crippen LogP contribution in [0.3, 0.4) is 0 Å². The molecule has 7 heteroatoms. The van der Waals surface area contributed by atoms with Gasteiger partial charge < -0.3 is 18.9 Å². The van der Waals surface area contributed by atoms with Gasteiger partial charge in [0.2, 0.25) is 0 Å². The molecular weight excluding hydrogens is 428 g/mol. The summed E-state index contributed by atoms with van der Waals surface area (Å²) in [5, 5.41) is 1.11. The Labute approximate surface area is 202 Å². The fourth-order valence-electron chi connectivity index (χ4n) is 4.66. The predicted octanol–water partition coefficient (Wildman–Crippen LogP) is 5.96. The lowest BCUT2D eigenvalue weighted by Gasteiger charge is -2.33. The molecule has 0 spiro atoms. The van der Waals surface area contributed by atoms with Crippen molar-refractivity contribution in [3.8, 4) is 5.75 Å². The van der Waals surface area contributed by atoms with Crippen molar-refractivity contribution in [2.24, 2.45) is 11.8 Å². The van der Waals surface area contributed by atoms with E-state index in [1.807, 2.05) is 44.0 Å². The molecule has 1 fully saturated rings. The van der Waals surface area contributed by atoms with E-state index >= 15 is 0 Å². The van der Waals surface area contributed by atoms with Crippen LogP contribution in [0.1, 0.15) is 59.7 Å². The van der Waals surface area contributed by atoms with Gasteiger partial charge in [-0.1, -0.05) is 13.8 Å². The van der Waals surface area contributed by atoms with Crippen LogP contribution in [0, 0.1) is 18.8 Å². The SMILES string of the molecule is Cc1nc2cnc3cc(OCCC4CCN(C(=O)OC(C)(C)C)CC4)ccc3c2n1CC(C)C. The summed E-state index contributed by atoms with van der Waals surface area (Å²) in [6, 6.07) is 6.18. The number of imidazole rings is 1. The number of piperidine rings is 1. The van der Waals surface area contributed by atoms with E-state index in [0.717, 1.165) is 72.4 Å². The second-order valence-electron chi connectivity index (χ2n) is 10.9. The fraction of sp³-hybridized carbons (Fsp3) is 0.593. The summed E-state index contributed by atoms with van der Waals surface area (Å²) in [5.41, 5.74) is 2.58. The monoisotopic (exact) mass is 466 g/mol. The quantitative estimate of drug-likeness (QED) is 0.448. The van der Waals surface area contributed by atoms with Crippen molar-refractivity contribution in [1.29, 1.82) is 0 Å². The maximum atomic E-state index is 12.3. The molecule has 1 amide bonds. The maximum absolute atomic E-state index is 12.3. The highest BCUT2D eigenvalue weighted by Crippen LogP contribution is 2.29. The molecule has 4 rings (SSSR count). The molecule has 7 nitrogen and oxygen atoms in total. The number of rotatable bonds is 6. The van der Waals surface area contributed by atoms with Gasteiger partial charge in [-0.25, -0.2) is 9.78 Å². The first-order valence-corrected chi connectivity index (χ1v) is 12.5. The third-order valence-corrected chi connectivity index (χ3v) is 6.34. The minimum absolute atomic E-state index is 0.204. The summed E-state index contributed by atoms with van der Waals surface area (Å²) in [5.74, 6) is 2.97. The number of benzene rings is 1. The second-order valence-corrected chi connectivity index (χ2v) is 10.9. The molecule has 1 aromatic carbocycles. The normalized spacial score (nSPS) is 15.4. The fourth-order valence-corrected chi connectivity index (χ4v) is 4.66. The number of aromatic nitrogens is 3. The average Bonchev–Trinajstić information content (AvgIpc) is 3.08. The number of carbonyl (C=O) groups excluding carboxylic acids is 1. The number of pyridine rings is 1. The van der Waals surface area contributed by atoms with E-state index in [0.29, 0.717) is 18.4 Å². The highest BCUT2D eigenvalue weighted by atomic mass is 16.6. The van der Waals surface area contributed by atoms with Crippen LogP contribution in [-0.4, -0.2) is 50.8 Å². The van der Waals surface area contributed by atoms with Crippen LogP contribution in [0.5, 0.6) is 5.75 Å². The molecule has 0 aliphatic carbocycles. The summed E-state index contributed by atoms with van der Waals surface area (Å²) in [6.07, 6.45) is 4.61. The molecule has 0 unspecified atom stereocenters. The highest BCUT2D eigenvalue weighted by molar-refractivity contribution is 6.02. The first kappa shape index (κ1) is 24.3. The molecule has 2 aromatic heterocycles. The second kappa shape index (κ2) is 9.80. The Bertz CT molecular complexity index is 1150. The Balaban J connectivity index is 1.35. The zero-order valence-corrected chi connectivity index (χ0v) is 21.4. The number of ether oxygens (including phenoxy) is 2. The number of hydrogen-bond donors (Lipinski definition) is 0. The number of likely N-dealkylation sites (tertiary alicyclic amines) is 1. The molecule has 0 saturated carbocycles. The molecule has 0 N–H and O–H groups in total. The number of hydrogen-bond acceptors (Lipinski definition) is 5. The molecule has 0 radical (unpaired) electrons. The third-order valence-electron chi connectivity index (χ3n) is 6.34. The molecular formula is C27H38N4O3. The van der Waals surface area contributed by atoms with E-state index in [2.05, 4.69) is 36.4 Å². The molecule has 34 heavy (non-hydrogen) atoms. The van der Waals surface area contributed by atoms with E-state index in [1.165, 1.54) is 0 Å². The van der Waals surface area contributed by atoms with Crippen LogP contribution >= 0.6 is 0 Å². The molecule has 184 valence electrons. The van der Waals surface area contributed by atoms with Gasteiger partial charge in [0.15, 0.2) is 0 Å². The van der Waals surface area contributed by atoms with Crippen molar-refractivity contribution < 1.29 is 14.3 Å². The van der Waals surface area contributed by atoms with Crippen LogP contribution in [-0.2, 0) is 11.3 Å². The molecule has 1 aliphatic heterocycles. The molecule has 3 aromatic rings. The number of nitrogens with zero attached hydrogens (tertiary/aromatic N) is 4. The van der Waals surface area contributed by atoms with Gasteiger partial charge in [-0.15, -0.1) is 0 Å². The molecule has 1 aliphatic rings. The van der Waals surface area contributed by atoms with Crippen molar-refractivity contribution >= 4 is 28.0 Å². The van der Waals surface area contributed by atoms with E-state index in [1.54, 1.807) is 0 Å².